The molecule has 1 N–H and O–H groups in total. The van der Waals surface area contributed by atoms with Crippen molar-refractivity contribution >= 4 is 11.6 Å². The van der Waals surface area contributed by atoms with Gasteiger partial charge < -0.3 is 10.1 Å². The maximum Gasteiger partial charge on any atom is 0.266 e. The molecule has 0 unspecified atom stereocenters. The minimum atomic E-state index is -0.327. The molecule has 0 spiro atoms. The van der Waals surface area contributed by atoms with Crippen LogP contribution >= 0.6 is 0 Å². The van der Waals surface area contributed by atoms with E-state index >= 15 is 0 Å². The molecule has 116 valence electrons. The van der Waals surface area contributed by atoms with Gasteiger partial charge in [-0.25, -0.2) is 0 Å². The van der Waals surface area contributed by atoms with Crippen molar-refractivity contribution in [3.63, 3.8) is 0 Å². The molecule has 0 radical (unpaired) electrons. The summed E-state index contributed by atoms with van der Waals surface area (Å²) in [4.78, 5) is 12.5. The molecule has 0 atom stereocenters. The normalized spacial score (nSPS) is 14.6. The molecule has 0 bridgehead atoms. The zero-order chi connectivity index (χ0) is 15.8. The molecule has 1 aromatic rings. The Morgan fingerprint density at radius 1 is 1.23 bits per heavy atom. The van der Waals surface area contributed by atoms with E-state index in [0.29, 0.717) is 18.0 Å². The van der Waals surface area contributed by atoms with E-state index in [0.717, 1.165) is 31.3 Å². The number of carbonyl (C=O) groups excluding carboxylic acids is 1. The van der Waals surface area contributed by atoms with Gasteiger partial charge >= 0.3 is 0 Å². The Morgan fingerprint density at radius 2 is 1.91 bits per heavy atom. The molecule has 1 aromatic carbocycles. The molecule has 0 heterocycles. The summed E-state index contributed by atoms with van der Waals surface area (Å²) in [5.74, 6) is 0.299. The quantitative estimate of drug-likeness (QED) is 0.515. The Morgan fingerprint density at radius 3 is 2.55 bits per heavy atom. The summed E-state index contributed by atoms with van der Waals surface area (Å²) in [6.07, 6.45) is 6.17. The van der Waals surface area contributed by atoms with Gasteiger partial charge in [-0.05, 0) is 50.3 Å². The molecular weight excluding hydrogens is 276 g/mol. The number of para-hydroxylation sites is 2. The number of amides is 1. The third-order valence-corrected chi connectivity index (χ3v) is 3.83. The van der Waals surface area contributed by atoms with E-state index in [1.165, 1.54) is 12.8 Å². The molecule has 0 aromatic heterocycles. The number of hydrogen-bond acceptors (Lipinski definition) is 3. The highest BCUT2D eigenvalue weighted by Gasteiger charge is 2.18. The van der Waals surface area contributed by atoms with Gasteiger partial charge in [-0.15, -0.1) is 0 Å². The molecular formula is C18H22N2O2. The number of ether oxygens (including phenoxy) is 1. The van der Waals surface area contributed by atoms with Crippen molar-refractivity contribution in [3.05, 3.63) is 35.4 Å². The van der Waals surface area contributed by atoms with Crippen LogP contribution in [0.25, 0.3) is 0 Å². The summed E-state index contributed by atoms with van der Waals surface area (Å²) < 4.78 is 5.50. The summed E-state index contributed by atoms with van der Waals surface area (Å²) in [5.41, 5.74) is 1.87. The Balaban J connectivity index is 2.20. The second kappa shape index (κ2) is 8.23. The third-order valence-electron chi connectivity index (χ3n) is 3.83. The monoisotopic (exact) mass is 298 g/mol. The van der Waals surface area contributed by atoms with Gasteiger partial charge in [0.1, 0.15) is 17.4 Å². The van der Waals surface area contributed by atoms with Crippen molar-refractivity contribution in [1.82, 2.24) is 0 Å². The Hall–Kier alpha value is -2.28. The molecule has 2 rings (SSSR count). The first-order valence-electron chi connectivity index (χ1n) is 7.91. The summed E-state index contributed by atoms with van der Waals surface area (Å²) in [6.45, 7) is 2.42. The van der Waals surface area contributed by atoms with E-state index in [1.807, 2.05) is 25.1 Å². The largest absolute Gasteiger partial charge is 0.492 e. The van der Waals surface area contributed by atoms with E-state index in [-0.39, 0.29) is 11.5 Å². The van der Waals surface area contributed by atoms with Crippen LogP contribution < -0.4 is 10.1 Å². The zero-order valence-corrected chi connectivity index (χ0v) is 13.0. The van der Waals surface area contributed by atoms with Crippen LogP contribution in [0.2, 0.25) is 0 Å². The first kappa shape index (κ1) is 16.1. The lowest BCUT2D eigenvalue weighted by atomic mass is 10.0. The first-order valence-corrected chi connectivity index (χ1v) is 7.91. The average Bonchev–Trinajstić information content (AvgIpc) is 2.79. The second-order valence-corrected chi connectivity index (χ2v) is 5.39. The molecule has 4 heteroatoms. The van der Waals surface area contributed by atoms with E-state index in [4.69, 9.17) is 4.74 Å². The SMILES string of the molecule is CCOc1ccccc1NC(=O)C(C#N)=C1CCCCCC1. The fraction of sp³-hybridized carbons (Fsp3) is 0.444. The standard InChI is InChI=1S/C18H22N2O2/c1-2-22-17-12-8-7-11-16(17)20-18(21)15(13-19)14-9-5-3-4-6-10-14/h7-8,11-12H,2-6,9-10H2,1H3,(H,20,21). The molecule has 4 nitrogen and oxygen atoms in total. The van der Waals surface area contributed by atoms with Crippen molar-refractivity contribution in [2.24, 2.45) is 0 Å². The molecule has 1 fully saturated rings. The second-order valence-electron chi connectivity index (χ2n) is 5.39. The fourth-order valence-corrected chi connectivity index (χ4v) is 2.73. The van der Waals surface area contributed by atoms with Gasteiger partial charge in [0.25, 0.3) is 5.91 Å². The topological polar surface area (TPSA) is 62.1 Å². The smallest absolute Gasteiger partial charge is 0.266 e. The summed E-state index contributed by atoms with van der Waals surface area (Å²) in [5, 5.41) is 12.2. The lowest BCUT2D eigenvalue weighted by molar-refractivity contribution is -0.112. The minimum absolute atomic E-state index is 0.271. The summed E-state index contributed by atoms with van der Waals surface area (Å²) in [6, 6.07) is 9.39. The van der Waals surface area contributed by atoms with E-state index in [2.05, 4.69) is 11.4 Å². The number of nitrogens with one attached hydrogen (secondary N) is 1. The van der Waals surface area contributed by atoms with Crippen LogP contribution in [0.4, 0.5) is 5.69 Å². The minimum Gasteiger partial charge on any atom is -0.492 e. The molecule has 22 heavy (non-hydrogen) atoms. The van der Waals surface area contributed by atoms with Gasteiger partial charge in [0.15, 0.2) is 0 Å². The van der Waals surface area contributed by atoms with Crippen molar-refractivity contribution < 1.29 is 9.53 Å². The maximum absolute atomic E-state index is 12.5. The highest BCUT2D eigenvalue weighted by molar-refractivity contribution is 6.07. The first-order chi connectivity index (χ1) is 10.8. The number of nitriles is 1. The lowest BCUT2D eigenvalue weighted by Gasteiger charge is -2.12. The fourth-order valence-electron chi connectivity index (χ4n) is 2.73. The highest BCUT2D eigenvalue weighted by Crippen LogP contribution is 2.27. The molecule has 1 aliphatic carbocycles. The van der Waals surface area contributed by atoms with Crippen LogP contribution in [-0.2, 0) is 4.79 Å². The predicted octanol–water partition coefficient (Wildman–Crippen LogP) is 4.20. The van der Waals surface area contributed by atoms with E-state index < -0.39 is 0 Å². The van der Waals surface area contributed by atoms with Gasteiger partial charge in [-0.2, -0.15) is 5.26 Å². The van der Waals surface area contributed by atoms with Crippen molar-refractivity contribution in [1.29, 1.82) is 5.26 Å². The van der Waals surface area contributed by atoms with Gasteiger partial charge in [0, 0.05) is 0 Å². The van der Waals surface area contributed by atoms with E-state index in [1.54, 1.807) is 6.07 Å². The Bertz CT molecular complexity index is 589. The summed E-state index contributed by atoms with van der Waals surface area (Å²) >= 11 is 0. The van der Waals surface area contributed by atoms with Crippen LogP contribution in [0.5, 0.6) is 5.75 Å². The molecule has 0 aliphatic heterocycles. The molecule has 1 aliphatic rings. The van der Waals surface area contributed by atoms with E-state index in [9.17, 15) is 10.1 Å². The zero-order valence-electron chi connectivity index (χ0n) is 13.0. The van der Waals surface area contributed by atoms with Crippen LogP contribution in [0.3, 0.4) is 0 Å². The number of allylic oxidation sites excluding steroid dienone is 1. The Kier molecular flexibility index (Phi) is 6.02. The van der Waals surface area contributed by atoms with Crippen LogP contribution in [-0.4, -0.2) is 12.5 Å². The molecule has 1 saturated carbocycles. The van der Waals surface area contributed by atoms with Gasteiger partial charge in [0.05, 0.1) is 12.3 Å². The number of nitrogens with zero attached hydrogens (tertiary/aromatic N) is 1. The van der Waals surface area contributed by atoms with Crippen molar-refractivity contribution in [3.8, 4) is 11.8 Å². The predicted molar refractivity (Wildman–Crippen MR) is 86.6 cm³/mol. The number of hydrogen-bond donors (Lipinski definition) is 1. The molecule has 0 saturated heterocycles. The van der Waals surface area contributed by atoms with Crippen LogP contribution in [0, 0.1) is 11.3 Å². The van der Waals surface area contributed by atoms with Gasteiger partial charge in [-0.3, -0.25) is 4.79 Å². The van der Waals surface area contributed by atoms with Gasteiger partial charge in [0.2, 0.25) is 0 Å². The number of carbonyl (C=O) groups is 1. The Labute approximate surface area is 131 Å². The average molecular weight is 298 g/mol. The number of anilines is 1. The third kappa shape index (κ3) is 4.11. The van der Waals surface area contributed by atoms with Crippen LogP contribution in [0.1, 0.15) is 45.4 Å². The summed E-state index contributed by atoms with van der Waals surface area (Å²) in [7, 11) is 0. The number of benzene rings is 1. The van der Waals surface area contributed by atoms with Crippen LogP contribution in [0.15, 0.2) is 35.4 Å². The highest BCUT2D eigenvalue weighted by atomic mass is 16.5. The lowest BCUT2D eigenvalue weighted by Crippen LogP contribution is -2.16. The maximum atomic E-state index is 12.5. The van der Waals surface area contributed by atoms with Crippen molar-refractivity contribution in [2.45, 2.75) is 45.4 Å². The van der Waals surface area contributed by atoms with Gasteiger partial charge in [-0.1, -0.05) is 25.0 Å². The van der Waals surface area contributed by atoms with Crippen molar-refractivity contribution in [2.75, 3.05) is 11.9 Å². The number of rotatable bonds is 4. The molecule has 1 amide bonds.